The van der Waals surface area contributed by atoms with Crippen molar-refractivity contribution in [2.24, 2.45) is 0 Å². The summed E-state index contributed by atoms with van der Waals surface area (Å²) in [4.78, 5) is 31.4. The van der Waals surface area contributed by atoms with Crippen LogP contribution >= 0.6 is 0 Å². The standard InChI is InChI=1S/C20H19N3O2/c1-12-11-21-9-6-15(12)18(24)22-13-2-5-16-17(10-13)23(14-3-4-14)19(25)20(16)7-8-20/h2,5-6,9-11,14H,3-4,7-8H2,1H3,(H,22,24). The van der Waals surface area contributed by atoms with E-state index in [1.54, 1.807) is 18.5 Å². The first-order valence-corrected chi connectivity index (χ1v) is 8.80. The number of hydrogen-bond acceptors (Lipinski definition) is 3. The van der Waals surface area contributed by atoms with Crippen LogP contribution in [0.5, 0.6) is 0 Å². The van der Waals surface area contributed by atoms with Gasteiger partial charge in [0.2, 0.25) is 5.91 Å². The Balaban J connectivity index is 1.48. The van der Waals surface area contributed by atoms with Crippen LogP contribution in [0.25, 0.3) is 0 Å². The lowest BCUT2D eigenvalue weighted by atomic mass is 9.97. The predicted molar refractivity (Wildman–Crippen MR) is 94.8 cm³/mol. The minimum Gasteiger partial charge on any atom is -0.322 e. The van der Waals surface area contributed by atoms with E-state index in [1.165, 1.54) is 0 Å². The van der Waals surface area contributed by atoms with Crippen molar-refractivity contribution in [1.82, 2.24) is 4.98 Å². The highest BCUT2D eigenvalue weighted by Gasteiger charge is 2.61. The van der Waals surface area contributed by atoms with E-state index >= 15 is 0 Å². The fourth-order valence-corrected chi connectivity index (χ4v) is 3.90. The molecule has 25 heavy (non-hydrogen) atoms. The Hall–Kier alpha value is -2.69. The maximum Gasteiger partial charge on any atom is 0.256 e. The molecule has 2 heterocycles. The third-order valence-corrected chi connectivity index (χ3v) is 5.59. The number of pyridine rings is 1. The van der Waals surface area contributed by atoms with E-state index in [0.29, 0.717) is 11.6 Å². The number of hydrogen-bond donors (Lipinski definition) is 1. The van der Waals surface area contributed by atoms with Crippen LogP contribution in [0.3, 0.4) is 0 Å². The van der Waals surface area contributed by atoms with Crippen LogP contribution in [0.1, 0.15) is 47.2 Å². The number of amides is 2. The molecule has 1 aromatic heterocycles. The lowest BCUT2D eigenvalue weighted by molar-refractivity contribution is -0.120. The van der Waals surface area contributed by atoms with Gasteiger partial charge in [0.25, 0.3) is 5.91 Å². The average molecular weight is 333 g/mol. The summed E-state index contributed by atoms with van der Waals surface area (Å²) in [5.74, 6) is 0.113. The molecule has 3 aliphatic rings. The Labute approximate surface area is 146 Å². The van der Waals surface area contributed by atoms with Crippen molar-refractivity contribution in [2.75, 3.05) is 10.2 Å². The first-order chi connectivity index (χ1) is 12.1. The summed E-state index contributed by atoms with van der Waals surface area (Å²) in [5.41, 5.74) is 4.06. The fraction of sp³-hybridized carbons (Fsp3) is 0.350. The lowest BCUT2D eigenvalue weighted by Gasteiger charge is -2.17. The smallest absolute Gasteiger partial charge is 0.256 e. The van der Waals surface area contributed by atoms with Gasteiger partial charge in [-0.25, -0.2) is 0 Å². The Bertz CT molecular complexity index is 913. The van der Waals surface area contributed by atoms with E-state index in [2.05, 4.69) is 10.3 Å². The van der Waals surface area contributed by atoms with E-state index in [4.69, 9.17) is 0 Å². The van der Waals surface area contributed by atoms with Crippen molar-refractivity contribution in [3.8, 4) is 0 Å². The molecule has 2 aliphatic carbocycles. The van der Waals surface area contributed by atoms with Crippen LogP contribution in [0, 0.1) is 6.92 Å². The first kappa shape index (κ1) is 14.6. The van der Waals surface area contributed by atoms with Gasteiger partial charge in [-0.05, 0) is 61.9 Å². The molecule has 0 bridgehead atoms. The van der Waals surface area contributed by atoms with Gasteiger partial charge in [0.1, 0.15) is 0 Å². The number of carbonyl (C=O) groups excluding carboxylic acids is 2. The molecule has 1 aliphatic heterocycles. The van der Waals surface area contributed by atoms with Crippen molar-refractivity contribution in [2.45, 2.75) is 44.1 Å². The molecule has 1 N–H and O–H groups in total. The van der Waals surface area contributed by atoms with Gasteiger partial charge in [0.15, 0.2) is 0 Å². The maximum absolute atomic E-state index is 12.9. The van der Waals surface area contributed by atoms with Crippen LogP contribution in [-0.4, -0.2) is 22.8 Å². The van der Waals surface area contributed by atoms with Gasteiger partial charge in [-0.3, -0.25) is 14.6 Å². The highest BCUT2D eigenvalue weighted by molar-refractivity contribution is 6.12. The Morgan fingerprint density at radius 2 is 2.08 bits per heavy atom. The Morgan fingerprint density at radius 1 is 1.28 bits per heavy atom. The number of nitrogens with one attached hydrogen (secondary N) is 1. The maximum atomic E-state index is 12.9. The van der Waals surface area contributed by atoms with Gasteiger partial charge in [0.05, 0.1) is 11.1 Å². The summed E-state index contributed by atoms with van der Waals surface area (Å²) < 4.78 is 0. The quantitative estimate of drug-likeness (QED) is 0.938. The molecule has 1 spiro atoms. The van der Waals surface area contributed by atoms with Crippen LogP contribution < -0.4 is 10.2 Å². The zero-order valence-electron chi connectivity index (χ0n) is 14.1. The molecule has 2 saturated carbocycles. The number of aromatic nitrogens is 1. The second-order valence-electron chi connectivity index (χ2n) is 7.37. The molecule has 5 heteroatoms. The Morgan fingerprint density at radius 3 is 2.76 bits per heavy atom. The molecule has 0 unspecified atom stereocenters. The third-order valence-electron chi connectivity index (χ3n) is 5.59. The number of anilines is 2. The predicted octanol–water partition coefficient (Wildman–Crippen LogP) is 3.18. The zero-order valence-corrected chi connectivity index (χ0v) is 14.1. The highest BCUT2D eigenvalue weighted by Crippen LogP contribution is 2.59. The van der Waals surface area contributed by atoms with E-state index in [-0.39, 0.29) is 17.2 Å². The molecule has 5 nitrogen and oxygen atoms in total. The molecule has 1 aromatic carbocycles. The molecule has 0 saturated heterocycles. The van der Waals surface area contributed by atoms with Crippen LogP contribution in [0.2, 0.25) is 0 Å². The number of fused-ring (bicyclic) bond motifs is 2. The van der Waals surface area contributed by atoms with Crippen molar-refractivity contribution < 1.29 is 9.59 Å². The molecule has 0 radical (unpaired) electrons. The van der Waals surface area contributed by atoms with Crippen molar-refractivity contribution in [3.63, 3.8) is 0 Å². The first-order valence-electron chi connectivity index (χ1n) is 8.80. The molecule has 0 atom stereocenters. The summed E-state index contributed by atoms with van der Waals surface area (Å²) in [7, 11) is 0. The third kappa shape index (κ3) is 2.11. The monoisotopic (exact) mass is 333 g/mol. The SMILES string of the molecule is Cc1cnccc1C(=O)Nc1ccc2c(c1)N(C1CC1)C(=O)C21CC1. The van der Waals surface area contributed by atoms with Crippen LogP contribution in [0.15, 0.2) is 36.7 Å². The summed E-state index contributed by atoms with van der Waals surface area (Å²) in [6.07, 6.45) is 7.35. The summed E-state index contributed by atoms with van der Waals surface area (Å²) in [5, 5.41) is 2.97. The van der Waals surface area contributed by atoms with Crippen molar-refractivity contribution in [1.29, 1.82) is 0 Å². The van der Waals surface area contributed by atoms with E-state index in [0.717, 1.165) is 48.2 Å². The molecular formula is C20H19N3O2. The van der Waals surface area contributed by atoms with Gasteiger partial charge in [0, 0.05) is 29.7 Å². The molecule has 5 rings (SSSR count). The van der Waals surface area contributed by atoms with Gasteiger partial charge < -0.3 is 10.2 Å². The van der Waals surface area contributed by atoms with Crippen molar-refractivity contribution in [3.05, 3.63) is 53.3 Å². The van der Waals surface area contributed by atoms with Gasteiger partial charge >= 0.3 is 0 Å². The largest absolute Gasteiger partial charge is 0.322 e. The van der Waals surface area contributed by atoms with E-state index in [9.17, 15) is 9.59 Å². The number of rotatable bonds is 3. The molecule has 2 fully saturated rings. The average Bonchev–Trinajstić information content (AvgIpc) is 3.50. The normalized spacial score (nSPS) is 19.9. The number of carbonyl (C=O) groups is 2. The number of nitrogens with zero attached hydrogens (tertiary/aromatic N) is 2. The Kier molecular flexibility index (Phi) is 2.87. The van der Waals surface area contributed by atoms with E-state index in [1.807, 2.05) is 30.0 Å². The zero-order chi connectivity index (χ0) is 17.2. The second-order valence-corrected chi connectivity index (χ2v) is 7.37. The summed E-state index contributed by atoms with van der Waals surface area (Å²) in [6.45, 7) is 1.87. The summed E-state index contributed by atoms with van der Waals surface area (Å²) in [6, 6.07) is 7.97. The lowest BCUT2D eigenvalue weighted by Crippen LogP contribution is -2.33. The van der Waals surface area contributed by atoms with Crippen molar-refractivity contribution >= 4 is 23.2 Å². The number of aryl methyl sites for hydroxylation is 1. The van der Waals surface area contributed by atoms with Gasteiger partial charge in [-0.15, -0.1) is 0 Å². The van der Waals surface area contributed by atoms with Crippen LogP contribution in [-0.2, 0) is 10.2 Å². The highest BCUT2D eigenvalue weighted by atomic mass is 16.2. The minimum absolute atomic E-state index is 0.150. The number of benzene rings is 1. The molecule has 2 amide bonds. The summed E-state index contributed by atoms with van der Waals surface area (Å²) >= 11 is 0. The fourth-order valence-electron chi connectivity index (χ4n) is 3.90. The van der Waals surface area contributed by atoms with Gasteiger partial charge in [-0.1, -0.05) is 6.07 Å². The van der Waals surface area contributed by atoms with Gasteiger partial charge in [-0.2, -0.15) is 0 Å². The minimum atomic E-state index is -0.262. The van der Waals surface area contributed by atoms with Crippen LogP contribution in [0.4, 0.5) is 11.4 Å². The topological polar surface area (TPSA) is 62.3 Å². The molecule has 2 aromatic rings. The van der Waals surface area contributed by atoms with E-state index < -0.39 is 0 Å². The molecular weight excluding hydrogens is 314 g/mol. The second kappa shape index (κ2) is 4.91. The molecule has 126 valence electrons.